The summed E-state index contributed by atoms with van der Waals surface area (Å²) >= 11 is 3.32. The van der Waals surface area contributed by atoms with Crippen molar-refractivity contribution < 1.29 is 4.79 Å². The summed E-state index contributed by atoms with van der Waals surface area (Å²) in [5.41, 5.74) is 2.02. The minimum Gasteiger partial charge on any atom is -0.300 e. The molecular weight excluding hydrogens is 252 g/mol. The van der Waals surface area contributed by atoms with Crippen molar-refractivity contribution in [3.05, 3.63) is 35.4 Å². The Morgan fingerprint density at radius 3 is 2.93 bits per heavy atom. The van der Waals surface area contributed by atoms with Crippen LogP contribution in [0, 0.1) is 11.8 Å². The van der Waals surface area contributed by atoms with Crippen molar-refractivity contribution >= 4 is 21.7 Å². The molecule has 1 aromatic carbocycles. The van der Waals surface area contributed by atoms with Crippen molar-refractivity contribution in [2.75, 3.05) is 5.33 Å². The van der Waals surface area contributed by atoms with Crippen molar-refractivity contribution in [1.82, 2.24) is 0 Å². The highest BCUT2D eigenvalue weighted by Gasteiger charge is 1.97. The first-order chi connectivity index (χ1) is 7.22. The van der Waals surface area contributed by atoms with Crippen molar-refractivity contribution in [3.8, 4) is 11.8 Å². The Hall–Kier alpha value is -1.07. The fraction of sp³-hybridized carbons (Fsp3) is 0.308. The predicted octanol–water partition coefficient (Wildman–Crippen LogP) is 2.95. The summed E-state index contributed by atoms with van der Waals surface area (Å²) in [5, 5.41) is 0.896. The molecule has 0 aliphatic carbocycles. The van der Waals surface area contributed by atoms with Gasteiger partial charge in [-0.25, -0.2) is 0 Å². The van der Waals surface area contributed by atoms with Gasteiger partial charge in [0.15, 0.2) is 0 Å². The second-order valence-electron chi connectivity index (χ2n) is 3.32. The van der Waals surface area contributed by atoms with Crippen LogP contribution in [0.1, 0.15) is 24.5 Å². The summed E-state index contributed by atoms with van der Waals surface area (Å²) in [6.45, 7) is 1.60. The van der Waals surface area contributed by atoms with Crippen LogP contribution >= 0.6 is 15.9 Å². The lowest BCUT2D eigenvalue weighted by atomic mass is 10.1. The molecular formula is C13H13BrO. The zero-order chi connectivity index (χ0) is 11.1. The van der Waals surface area contributed by atoms with Crippen LogP contribution < -0.4 is 0 Å². The van der Waals surface area contributed by atoms with Gasteiger partial charge in [0, 0.05) is 23.7 Å². The van der Waals surface area contributed by atoms with Gasteiger partial charge in [-0.05, 0) is 24.6 Å². The Morgan fingerprint density at radius 2 is 2.27 bits per heavy atom. The molecule has 0 aliphatic heterocycles. The lowest BCUT2D eigenvalue weighted by Crippen LogP contribution is -1.96. The Morgan fingerprint density at radius 1 is 1.47 bits per heavy atom. The van der Waals surface area contributed by atoms with Gasteiger partial charge in [-0.2, -0.15) is 0 Å². The number of hydrogen-bond donors (Lipinski definition) is 0. The molecule has 0 aliphatic rings. The number of ketones is 1. The van der Waals surface area contributed by atoms with E-state index in [1.54, 1.807) is 6.92 Å². The molecule has 0 fully saturated rings. The van der Waals surface area contributed by atoms with Gasteiger partial charge in [0.2, 0.25) is 0 Å². The number of Topliss-reactive ketones (excluding diaryl/α,β-unsaturated/α-hetero) is 1. The summed E-state index contributed by atoms with van der Waals surface area (Å²) in [6, 6.07) is 7.83. The number of rotatable bonds is 3. The molecule has 1 rings (SSSR count). The Kier molecular flexibility index (Phi) is 5.14. The fourth-order valence-corrected chi connectivity index (χ4v) is 1.46. The van der Waals surface area contributed by atoms with E-state index >= 15 is 0 Å². The highest BCUT2D eigenvalue weighted by molar-refractivity contribution is 9.09. The summed E-state index contributed by atoms with van der Waals surface area (Å²) in [6.07, 6.45) is 1.34. The second-order valence-corrected chi connectivity index (χ2v) is 4.11. The summed E-state index contributed by atoms with van der Waals surface area (Å²) in [5.74, 6) is 6.30. The maximum absolute atomic E-state index is 10.9. The molecule has 0 unspecified atom stereocenters. The molecule has 0 saturated heterocycles. The lowest BCUT2D eigenvalue weighted by molar-refractivity contribution is -0.116. The van der Waals surface area contributed by atoms with Crippen LogP contribution in [0.4, 0.5) is 0 Å². The van der Waals surface area contributed by atoms with Crippen LogP contribution in [-0.2, 0) is 11.2 Å². The molecule has 0 N–H and O–H groups in total. The summed E-state index contributed by atoms with van der Waals surface area (Å²) < 4.78 is 0. The standard InChI is InChI=1S/C13H13BrO/c1-11(15)9-13-7-4-6-12(10-13)5-2-3-8-14/h4,6-7,10H,3,8-9H2,1H3. The average molecular weight is 265 g/mol. The maximum Gasteiger partial charge on any atom is 0.134 e. The minimum absolute atomic E-state index is 0.181. The number of alkyl halides is 1. The van der Waals surface area contributed by atoms with E-state index in [0.717, 1.165) is 22.9 Å². The minimum atomic E-state index is 0.181. The molecule has 0 radical (unpaired) electrons. The average Bonchev–Trinajstić information content (AvgIpc) is 2.18. The molecule has 78 valence electrons. The molecule has 0 aromatic heterocycles. The lowest BCUT2D eigenvalue weighted by Gasteiger charge is -1.97. The van der Waals surface area contributed by atoms with Crippen LogP contribution in [0.2, 0.25) is 0 Å². The molecule has 0 saturated carbocycles. The zero-order valence-corrected chi connectivity index (χ0v) is 10.3. The van der Waals surface area contributed by atoms with Crippen LogP contribution in [0.5, 0.6) is 0 Å². The van der Waals surface area contributed by atoms with Gasteiger partial charge in [0.25, 0.3) is 0 Å². The maximum atomic E-state index is 10.9. The Balaban J connectivity index is 2.75. The molecule has 0 heterocycles. The third-order valence-electron chi connectivity index (χ3n) is 1.83. The van der Waals surface area contributed by atoms with Gasteiger partial charge in [-0.3, -0.25) is 4.79 Å². The third kappa shape index (κ3) is 4.80. The smallest absolute Gasteiger partial charge is 0.134 e. The highest BCUT2D eigenvalue weighted by atomic mass is 79.9. The number of halogens is 1. The van der Waals surface area contributed by atoms with Gasteiger partial charge in [-0.1, -0.05) is 39.9 Å². The van der Waals surface area contributed by atoms with Gasteiger partial charge < -0.3 is 0 Å². The van der Waals surface area contributed by atoms with Gasteiger partial charge >= 0.3 is 0 Å². The van der Waals surface area contributed by atoms with E-state index in [0.29, 0.717) is 6.42 Å². The second kappa shape index (κ2) is 6.42. The first-order valence-corrected chi connectivity index (χ1v) is 5.97. The number of carbonyl (C=O) groups excluding carboxylic acids is 1. The molecule has 0 spiro atoms. The van der Waals surface area contributed by atoms with Crippen LogP contribution in [-0.4, -0.2) is 11.1 Å². The van der Waals surface area contributed by atoms with E-state index in [-0.39, 0.29) is 5.78 Å². The van der Waals surface area contributed by atoms with Crippen molar-refractivity contribution in [2.24, 2.45) is 0 Å². The molecule has 0 bridgehead atoms. The molecule has 0 amide bonds. The monoisotopic (exact) mass is 264 g/mol. The molecule has 0 atom stereocenters. The van der Waals surface area contributed by atoms with E-state index < -0.39 is 0 Å². The predicted molar refractivity (Wildman–Crippen MR) is 66.1 cm³/mol. The molecule has 15 heavy (non-hydrogen) atoms. The van der Waals surface area contributed by atoms with E-state index in [1.165, 1.54) is 0 Å². The van der Waals surface area contributed by atoms with E-state index in [1.807, 2.05) is 24.3 Å². The zero-order valence-electron chi connectivity index (χ0n) is 8.72. The van der Waals surface area contributed by atoms with Crippen molar-refractivity contribution in [1.29, 1.82) is 0 Å². The van der Waals surface area contributed by atoms with E-state index in [4.69, 9.17) is 0 Å². The van der Waals surface area contributed by atoms with Gasteiger partial charge in [-0.15, -0.1) is 0 Å². The van der Waals surface area contributed by atoms with Crippen LogP contribution in [0.25, 0.3) is 0 Å². The highest BCUT2D eigenvalue weighted by Crippen LogP contribution is 2.05. The first-order valence-electron chi connectivity index (χ1n) is 4.85. The largest absolute Gasteiger partial charge is 0.300 e. The summed E-state index contributed by atoms with van der Waals surface area (Å²) in [7, 11) is 0. The Bertz CT molecular complexity index is 398. The van der Waals surface area contributed by atoms with E-state index in [2.05, 4.69) is 27.8 Å². The van der Waals surface area contributed by atoms with E-state index in [9.17, 15) is 4.79 Å². The van der Waals surface area contributed by atoms with Gasteiger partial charge in [0.1, 0.15) is 5.78 Å². The molecule has 1 nitrogen and oxygen atoms in total. The summed E-state index contributed by atoms with van der Waals surface area (Å²) in [4.78, 5) is 10.9. The van der Waals surface area contributed by atoms with Crippen LogP contribution in [0.3, 0.4) is 0 Å². The quantitative estimate of drug-likeness (QED) is 0.606. The first kappa shape index (κ1) is 12.0. The SMILES string of the molecule is CC(=O)Cc1cccc(C#CCCBr)c1. The molecule has 1 aromatic rings. The van der Waals surface area contributed by atoms with Crippen molar-refractivity contribution in [3.63, 3.8) is 0 Å². The molecule has 2 heteroatoms. The van der Waals surface area contributed by atoms with Crippen LogP contribution in [0.15, 0.2) is 24.3 Å². The number of hydrogen-bond acceptors (Lipinski definition) is 1. The van der Waals surface area contributed by atoms with Crippen molar-refractivity contribution in [2.45, 2.75) is 19.8 Å². The van der Waals surface area contributed by atoms with Gasteiger partial charge in [0.05, 0.1) is 0 Å². The number of carbonyl (C=O) groups is 1. The topological polar surface area (TPSA) is 17.1 Å². The number of benzene rings is 1. The Labute approximate surface area is 99.0 Å². The normalized spacial score (nSPS) is 9.20. The fourth-order valence-electron chi connectivity index (χ4n) is 1.26. The third-order valence-corrected chi connectivity index (χ3v) is 2.23.